The summed E-state index contributed by atoms with van der Waals surface area (Å²) in [6.07, 6.45) is 0. The first-order valence-electron chi connectivity index (χ1n) is 6.96. The number of fused-ring (bicyclic) bond motifs is 1. The summed E-state index contributed by atoms with van der Waals surface area (Å²) in [5, 5.41) is 2.30. The lowest BCUT2D eigenvalue weighted by atomic mass is 9.93. The summed E-state index contributed by atoms with van der Waals surface area (Å²) in [5.74, 6) is 0. The third kappa shape index (κ3) is 2.73. The highest BCUT2D eigenvalue weighted by molar-refractivity contribution is 9.10. The van der Waals surface area contributed by atoms with Crippen LogP contribution in [0.15, 0.2) is 59.1 Å². The molecule has 0 nitrogen and oxygen atoms in total. The Bertz CT molecular complexity index is 808. The molecule has 0 N–H and O–H groups in total. The fraction of sp³-hybridized carbons (Fsp3) is 0.158. The van der Waals surface area contributed by atoms with Crippen molar-refractivity contribution >= 4 is 38.3 Å². The molecule has 0 spiro atoms. The molecule has 0 bridgehead atoms. The normalized spacial score (nSPS) is 12.6. The summed E-state index contributed by atoms with van der Waals surface area (Å²) in [7, 11) is 0. The number of halogens is 2. The number of benzene rings is 3. The predicted octanol–water partition coefficient (Wildman–Crippen LogP) is 6.55. The minimum Gasteiger partial charge on any atom is -0.113 e. The van der Waals surface area contributed by atoms with E-state index in [1.807, 2.05) is 0 Å². The monoisotopic (exact) mass is 358 g/mol. The molecule has 3 aromatic carbocycles. The van der Waals surface area contributed by atoms with Crippen molar-refractivity contribution in [3.8, 4) is 0 Å². The van der Waals surface area contributed by atoms with Crippen LogP contribution in [-0.4, -0.2) is 0 Å². The summed E-state index contributed by atoms with van der Waals surface area (Å²) < 4.78 is 1.06. The van der Waals surface area contributed by atoms with Crippen molar-refractivity contribution in [3.63, 3.8) is 0 Å². The first-order chi connectivity index (χ1) is 10.1. The van der Waals surface area contributed by atoms with Gasteiger partial charge in [0.05, 0.1) is 5.38 Å². The van der Waals surface area contributed by atoms with Gasteiger partial charge in [-0.05, 0) is 47.4 Å². The highest BCUT2D eigenvalue weighted by Crippen LogP contribution is 2.39. The molecule has 0 aliphatic carbocycles. The Morgan fingerprint density at radius 1 is 0.952 bits per heavy atom. The molecule has 0 amide bonds. The molecule has 1 atom stereocenters. The molecule has 21 heavy (non-hydrogen) atoms. The van der Waals surface area contributed by atoms with Crippen LogP contribution >= 0.6 is 27.5 Å². The van der Waals surface area contributed by atoms with E-state index in [1.165, 1.54) is 27.5 Å². The molecule has 3 aromatic rings. The fourth-order valence-electron chi connectivity index (χ4n) is 2.75. The van der Waals surface area contributed by atoms with Crippen LogP contribution in [0.5, 0.6) is 0 Å². The van der Waals surface area contributed by atoms with E-state index in [4.69, 9.17) is 11.6 Å². The summed E-state index contributed by atoms with van der Waals surface area (Å²) in [6.45, 7) is 4.22. The van der Waals surface area contributed by atoms with Crippen molar-refractivity contribution in [3.05, 3.63) is 81.3 Å². The number of hydrogen-bond acceptors (Lipinski definition) is 0. The van der Waals surface area contributed by atoms with Crippen molar-refractivity contribution in [2.75, 3.05) is 0 Å². The fourth-order valence-corrected chi connectivity index (χ4v) is 3.83. The van der Waals surface area contributed by atoms with Crippen LogP contribution in [0, 0.1) is 13.8 Å². The Hall–Kier alpha value is -1.31. The Balaban J connectivity index is 2.24. The lowest BCUT2D eigenvalue weighted by Gasteiger charge is -2.18. The van der Waals surface area contributed by atoms with Gasteiger partial charge in [-0.2, -0.15) is 0 Å². The van der Waals surface area contributed by atoms with E-state index >= 15 is 0 Å². The van der Waals surface area contributed by atoms with Crippen LogP contribution in [0.3, 0.4) is 0 Å². The molecule has 2 heteroatoms. The number of rotatable bonds is 2. The third-order valence-corrected chi connectivity index (χ3v) is 5.04. The minimum absolute atomic E-state index is 0.162. The van der Waals surface area contributed by atoms with Crippen LogP contribution < -0.4 is 0 Å². The van der Waals surface area contributed by atoms with Crippen molar-refractivity contribution in [1.29, 1.82) is 0 Å². The van der Waals surface area contributed by atoms with Gasteiger partial charge in [0.2, 0.25) is 0 Å². The van der Waals surface area contributed by atoms with Gasteiger partial charge in [-0.3, -0.25) is 0 Å². The van der Waals surface area contributed by atoms with Gasteiger partial charge in [0, 0.05) is 4.47 Å². The third-order valence-electron chi connectivity index (χ3n) is 3.87. The summed E-state index contributed by atoms with van der Waals surface area (Å²) in [5.41, 5.74) is 4.76. The summed E-state index contributed by atoms with van der Waals surface area (Å²) >= 11 is 10.5. The lowest BCUT2D eigenvalue weighted by molar-refractivity contribution is 1.11. The van der Waals surface area contributed by atoms with E-state index in [0.29, 0.717) is 0 Å². The molecule has 0 saturated carbocycles. The molecule has 0 saturated heterocycles. The standard InChI is InChI=1S/C19H16BrCl/c1-12-7-10-17(20)16(11-12)19(21)18-13(2)8-9-14-5-3-4-6-15(14)18/h3-11,19H,1-2H3. The van der Waals surface area contributed by atoms with Crippen molar-refractivity contribution in [2.45, 2.75) is 19.2 Å². The Labute approximate surface area is 138 Å². The maximum Gasteiger partial charge on any atom is 0.0854 e. The summed E-state index contributed by atoms with van der Waals surface area (Å²) in [4.78, 5) is 0. The van der Waals surface area contributed by atoms with Gasteiger partial charge in [0.1, 0.15) is 0 Å². The molecule has 0 aliphatic heterocycles. The molecule has 1 unspecified atom stereocenters. The maximum absolute atomic E-state index is 6.86. The lowest BCUT2D eigenvalue weighted by Crippen LogP contribution is -1.99. The highest BCUT2D eigenvalue weighted by atomic mass is 79.9. The number of aryl methyl sites for hydroxylation is 2. The second-order valence-electron chi connectivity index (χ2n) is 5.40. The van der Waals surface area contributed by atoms with Crippen LogP contribution in [0.25, 0.3) is 10.8 Å². The zero-order chi connectivity index (χ0) is 15.0. The van der Waals surface area contributed by atoms with Gasteiger partial charge in [-0.15, -0.1) is 11.6 Å². The molecule has 0 aliphatic rings. The van der Waals surface area contributed by atoms with Crippen LogP contribution in [0.2, 0.25) is 0 Å². The zero-order valence-corrected chi connectivity index (χ0v) is 14.4. The Kier molecular flexibility index (Phi) is 4.05. The van der Waals surface area contributed by atoms with Gasteiger partial charge >= 0.3 is 0 Å². The second kappa shape index (κ2) is 5.82. The predicted molar refractivity (Wildman–Crippen MR) is 95.3 cm³/mol. The summed E-state index contributed by atoms with van der Waals surface area (Å²) in [6, 6.07) is 19.0. The average Bonchev–Trinajstić information content (AvgIpc) is 2.49. The molecule has 0 fully saturated rings. The van der Waals surface area contributed by atoms with E-state index in [1.54, 1.807) is 0 Å². The molecular weight excluding hydrogens is 344 g/mol. The molecular formula is C19H16BrCl. The van der Waals surface area contributed by atoms with E-state index < -0.39 is 0 Å². The SMILES string of the molecule is Cc1ccc(Br)c(C(Cl)c2c(C)ccc3ccccc23)c1. The van der Waals surface area contributed by atoms with Gasteiger partial charge in [0.15, 0.2) is 0 Å². The van der Waals surface area contributed by atoms with E-state index in [0.717, 1.165) is 10.0 Å². The second-order valence-corrected chi connectivity index (χ2v) is 6.70. The van der Waals surface area contributed by atoms with Crippen molar-refractivity contribution in [1.82, 2.24) is 0 Å². The van der Waals surface area contributed by atoms with Crippen molar-refractivity contribution < 1.29 is 0 Å². The number of hydrogen-bond donors (Lipinski definition) is 0. The van der Waals surface area contributed by atoms with E-state index in [9.17, 15) is 0 Å². The molecule has 0 aromatic heterocycles. The Morgan fingerprint density at radius 2 is 1.71 bits per heavy atom. The first-order valence-corrected chi connectivity index (χ1v) is 8.19. The molecule has 3 rings (SSSR count). The Morgan fingerprint density at radius 3 is 2.52 bits per heavy atom. The number of alkyl halides is 1. The quantitative estimate of drug-likeness (QED) is 0.455. The van der Waals surface area contributed by atoms with Gasteiger partial charge < -0.3 is 0 Å². The van der Waals surface area contributed by atoms with Gasteiger partial charge in [0.25, 0.3) is 0 Å². The largest absolute Gasteiger partial charge is 0.113 e. The van der Waals surface area contributed by atoms with Gasteiger partial charge in [-0.1, -0.05) is 70.0 Å². The maximum atomic E-state index is 6.86. The average molecular weight is 360 g/mol. The zero-order valence-electron chi connectivity index (χ0n) is 12.0. The van der Waals surface area contributed by atoms with E-state index in [-0.39, 0.29) is 5.38 Å². The molecule has 106 valence electrons. The van der Waals surface area contributed by atoms with Crippen molar-refractivity contribution in [2.24, 2.45) is 0 Å². The van der Waals surface area contributed by atoms with Crippen LogP contribution in [0.1, 0.15) is 27.6 Å². The molecule has 0 heterocycles. The first kappa shape index (κ1) is 14.6. The van der Waals surface area contributed by atoms with E-state index in [2.05, 4.69) is 84.4 Å². The smallest absolute Gasteiger partial charge is 0.0854 e. The topological polar surface area (TPSA) is 0 Å². The van der Waals surface area contributed by atoms with Gasteiger partial charge in [-0.25, -0.2) is 0 Å². The highest BCUT2D eigenvalue weighted by Gasteiger charge is 2.18. The minimum atomic E-state index is -0.162. The van der Waals surface area contributed by atoms with Crippen LogP contribution in [0.4, 0.5) is 0 Å². The molecule has 0 radical (unpaired) electrons. The van der Waals surface area contributed by atoms with Crippen LogP contribution in [-0.2, 0) is 0 Å².